The Balaban J connectivity index is 1.51. The molecule has 6 rings (SSSR count). The highest BCUT2D eigenvalue weighted by molar-refractivity contribution is 7.22. The molecule has 0 bridgehead atoms. The van der Waals surface area contributed by atoms with E-state index in [0.717, 1.165) is 21.6 Å². The van der Waals surface area contributed by atoms with Crippen LogP contribution in [-0.2, 0) is 5.54 Å². The van der Waals surface area contributed by atoms with Crippen molar-refractivity contribution < 1.29 is 9.90 Å². The lowest BCUT2D eigenvalue weighted by Crippen LogP contribution is -2.36. The number of hydrogen-bond acceptors (Lipinski definition) is 5. The van der Waals surface area contributed by atoms with Crippen molar-refractivity contribution in [3.8, 4) is 10.6 Å². The fourth-order valence-corrected chi connectivity index (χ4v) is 6.49. The van der Waals surface area contributed by atoms with Crippen molar-refractivity contribution >= 4 is 27.6 Å². The predicted molar refractivity (Wildman–Crippen MR) is 165 cm³/mol. The van der Waals surface area contributed by atoms with Gasteiger partial charge in [-0.05, 0) is 28.7 Å². The van der Waals surface area contributed by atoms with Crippen LogP contribution in [0.1, 0.15) is 42.4 Å². The van der Waals surface area contributed by atoms with E-state index < -0.39 is 17.7 Å². The Morgan fingerprint density at radius 3 is 1.98 bits per heavy atom. The van der Waals surface area contributed by atoms with E-state index in [1.54, 1.807) is 0 Å². The zero-order chi connectivity index (χ0) is 29.3. The van der Waals surface area contributed by atoms with Crippen LogP contribution in [0.2, 0.25) is 0 Å². The van der Waals surface area contributed by atoms with Gasteiger partial charge in [0, 0.05) is 6.20 Å². The summed E-state index contributed by atoms with van der Waals surface area (Å²) in [6.45, 7) is 3.74. The summed E-state index contributed by atoms with van der Waals surface area (Å²) in [5.74, 6) is 0.175. The number of carbonyl (C=O) groups is 1. The van der Waals surface area contributed by atoms with Crippen molar-refractivity contribution in [2.24, 2.45) is 5.92 Å². The molecule has 1 atom stereocenters. The molecule has 0 fully saturated rings. The van der Waals surface area contributed by atoms with Crippen LogP contribution in [0.25, 0.3) is 20.8 Å². The number of aromatic nitrogens is 4. The van der Waals surface area contributed by atoms with E-state index in [1.807, 2.05) is 87.0 Å². The van der Waals surface area contributed by atoms with Crippen molar-refractivity contribution in [2.45, 2.75) is 25.4 Å². The second-order valence-electron chi connectivity index (χ2n) is 10.4. The number of nitrogens with zero attached hydrogens (tertiary/aromatic N) is 3. The van der Waals surface area contributed by atoms with Crippen molar-refractivity contribution in [2.75, 3.05) is 0 Å². The molecule has 1 unspecified atom stereocenters. The first-order valence-corrected chi connectivity index (χ1v) is 14.4. The molecule has 0 spiro atoms. The van der Waals surface area contributed by atoms with Gasteiger partial charge in [-0.2, -0.15) is 0 Å². The zero-order valence-electron chi connectivity index (χ0n) is 23.1. The average molecular weight is 576 g/mol. The first-order valence-electron chi connectivity index (χ1n) is 13.6. The molecule has 0 saturated carbocycles. The van der Waals surface area contributed by atoms with Gasteiger partial charge in [-0.25, -0.2) is 14.8 Å². The molecule has 42 heavy (non-hydrogen) atoms. The summed E-state index contributed by atoms with van der Waals surface area (Å²) < 4.78 is 2.59. The lowest BCUT2D eigenvalue weighted by atomic mass is 9.77. The van der Waals surface area contributed by atoms with E-state index in [0.29, 0.717) is 15.9 Å². The molecule has 3 heterocycles. The van der Waals surface area contributed by atoms with E-state index >= 15 is 0 Å². The van der Waals surface area contributed by atoms with Gasteiger partial charge in [0.15, 0.2) is 0 Å². The summed E-state index contributed by atoms with van der Waals surface area (Å²) in [6, 6.07) is 32.2. The van der Waals surface area contributed by atoms with Crippen LogP contribution in [0.3, 0.4) is 0 Å². The van der Waals surface area contributed by atoms with Crippen molar-refractivity contribution in [1.29, 1.82) is 0 Å². The maximum atomic E-state index is 13.1. The number of benzene rings is 3. The second kappa shape index (κ2) is 11.1. The van der Waals surface area contributed by atoms with Crippen molar-refractivity contribution in [3.05, 3.63) is 142 Å². The van der Waals surface area contributed by atoms with Gasteiger partial charge < -0.3 is 20.0 Å². The minimum absolute atomic E-state index is 0.113. The first-order chi connectivity index (χ1) is 20.4. The van der Waals surface area contributed by atoms with Crippen molar-refractivity contribution in [1.82, 2.24) is 24.8 Å². The third-order valence-electron chi connectivity index (χ3n) is 7.44. The first kappa shape index (κ1) is 27.2. The Morgan fingerprint density at radius 2 is 1.48 bits per heavy atom. The minimum Gasteiger partial charge on any atom is -0.465 e. The quantitative estimate of drug-likeness (QED) is 0.176. The van der Waals surface area contributed by atoms with Crippen LogP contribution in [0.5, 0.6) is 0 Å². The van der Waals surface area contributed by atoms with Crippen LogP contribution < -0.4 is 10.9 Å². The molecule has 3 aromatic carbocycles. The van der Waals surface area contributed by atoms with E-state index in [2.05, 4.69) is 56.3 Å². The van der Waals surface area contributed by atoms with E-state index in [4.69, 9.17) is 4.98 Å². The number of thiophene rings is 1. The predicted octanol–water partition coefficient (Wildman–Crippen LogP) is 6.65. The summed E-state index contributed by atoms with van der Waals surface area (Å²) in [4.78, 5) is 37.5. The number of rotatable bonds is 8. The van der Waals surface area contributed by atoms with Gasteiger partial charge in [0.1, 0.15) is 16.1 Å². The Bertz CT molecular complexity index is 1800. The summed E-state index contributed by atoms with van der Waals surface area (Å²) in [5, 5.41) is 11.8. The fraction of sp³-hybridized carbons (Fsp3) is 0.152. The molecule has 0 aliphatic rings. The zero-order valence-corrected chi connectivity index (χ0v) is 23.9. The molecular weight excluding hydrogens is 546 g/mol. The number of imidazole rings is 1. The number of fused-ring (bicyclic) bond motifs is 1. The molecule has 1 amide bonds. The molecule has 8 nitrogen and oxygen atoms in total. The van der Waals surface area contributed by atoms with Crippen LogP contribution in [0.4, 0.5) is 4.79 Å². The smallest absolute Gasteiger partial charge is 0.405 e. The fourth-order valence-electron chi connectivity index (χ4n) is 5.53. The lowest BCUT2D eigenvalue weighted by molar-refractivity contribution is 0.185. The van der Waals surface area contributed by atoms with Crippen LogP contribution in [0, 0.1) is 5.92 Å². The van der Waals surface area contributed by atoms with Crippen molar-refractivity contribution in [3.63, 3.8) is 0 Å². The Labute approximate surface area is 246 Å². The topological polar surface area (TPSA) is 113 Å². The normalized spacial score (nSPS) is 12.5. The Morgan fingerprint density at radius 1 is 0.929 bits per heavy atom. The third-order valence-corrected chi connectivity index (χ3v) is 8.58. The number of H-pyrrole nitrogens is 1. The van der Waals surface area contributed by atoms with Gasteiger partial charge in [0.2, 0.25) is 0 Å². The maximum Gasteiger partial charge on any atom is 0.405 e. The monoisotopic (exact) mass is 575 g/mol. The van der Waals surface area contributed by atoms with Gasteiger partial charge in [0.05, 0.1) is 28.5 Å². The molecule has 0 aliphatic carbocycles. The number of amides is 1. The standard InChI is InChI=1S/C33H29N5O3S/c1-21(2)28(36-32(40)41)30-35-25-18-27(42-29(25)31(39)37-30)26-19-38(20-34-26)33(22-12-6-3-7-13-22,23-14-8-4-9-15-23)24-16-10-5-11-17-24/h3-21,28,36H,1-2H3,(H,40,41)(H,35,37,39). The molecule has 0 aliphatic heterocycles. The van der Waals surface area contributed by atoms with Crippen LogP contribution in [-0.4, -0.2) is 30.7 Å². The Kier molecular flexibility index (Phi) is 7.18. The van der Waals surface area contributed by atoms with Gasteiger partial charge >= 0.3 is 6.09 Å². The molecule has 3 aromatic heterocycles. The summed E-state index contributed by atoms with van der Waals surface area (Å²) in [6.07, 6.45) is 2.67. The lowest BCUT2D eigenvalue weighted by Gasteiger charge is -2.37. The second-order valence-corrected chi connectivity index (χ2v) is 11.5. The van der Waals surface area contributed by atoms with Gasteiger partial charge in [0.25, 0.3) is 5.56 Å². The van der Waals surface area contributed by atoms with Gasteiger partial charge in [-0.3, -0.25) is 4.79 Å². The number of hydrogen-bond donors (Lipinski definition) is 3. The highest BCUT2D eigenvalue weighted by Crippen LogP contribution is 2.42. The molecule has 6 aromatic rings. The van der Waals surface area contributed by atoms with Gasteiger partial charge in [-0.1, -0.05) is 105 Å². The SMILES string of the molecule is CC(C)C(NC(=O)O)c1nc2cc(-c3cn(C(c4ccccc4)(c4ccccc4)c4ccccc4)cn3)sc2c(=O)[nH]1. The van der Waals surface area contributed by atoms with Crippen LogP contribution in [0.15, 0.2) is 114 Å². The molecule has 0 radical (unpaired) electrons. The summed E-state index contributed by atoms with van der Waals surface area (Å²) >= 11 is 1.31. The molecule has 0 saturated heterocycles. The molecular formula is C33H29N5O3S. The van der Waals surface area contributed by atoms with E-state index in [-0.39, 0.29) is 17.3 Å². The largest absolute Gasteiger partial charge is 0.465 e. The Hall–Kier alpha value is -5.02. The average Bonchev–Trinajstić information content (AvgIpc) is 3.66. The van der Waals surface area contributed by atoms with Crippen LogP contribution >= 0.6 is 11.3 Å². The highest BCUT2D eigenvalue weighted by Gasteiger charge is 2.38. The maximum absolute atomic E-state index is 13.1. The number of carboxylic acid groups (broad SMARTS) is 1. The molecule has 9 heteroatoms. The minimum atomic E-state index is -1.17. The van der Waals surface area contributed by atoms with E-state index in [1.165, 1.54) is 11.3 Å². The van der Waals surface area contributed by atoms with Gasteiger partial charge in [-0.15, -0.1) is 11.3 Å². The highest BCUT2D eigenvalue weighted by atomic mass is 32.1. The number of nitrogens with one attached hydrogen (secondary N) is 2. The number of aromatic amines is 1. The summed E-state index contributed by atoms with van der Waals surface area (Å²) in [7, 11) is 0. The third kappa shape index (κ3) is 4.77. The van der Waals surface area contributed by atoms with E-state index in [9.17, 15) is 14.7 Å². The summed E-state index contributed by atoms with van der Waals surface area (Å²) in [5.41, 5.74) is 3.43. The molecule has 3 N–H and O–H groups in total. The molecule has 210 valence electrons.